The molecular weight excluding hydrogens is 282 g/mol. The van der Waals surface area contributed by atoms with Crippen LogP contribution in [-0.2, 0) is 11.2 Å². The first-order valence-electron chi connectivity index (χ1n) is 7.96. The van der Waals surface area contributed by atoms with E-state index in [2.05, 4.69) is 22.5 Å². The lowest BCUT2D eigenvalue weighted by molar-refractivity contribution is -0.122. The summed E-state index contributed by atoms with van der Waals surface area (Å²) >= 11 is 1.73. The number of rotatable bonds is 6. The van der Waals surface area contributed by atoms with Gasteiger partial charge in [-0.05, 0) is 51.6 Å². The number of carbonyl (C=O) groups excluding carboxylic acids is 1. The van der Waals surface area contributed by atoms with E-state index in [1.165, 1.54) is 17.7 Å². The molecule has 2 rings (SSSR count). The highest BCUT2D eigenvalue weighted by molar-refractivity contribution is 7.11. The lowest BCUT2D eigenvalue weighted by Crippen LogP contribution is -2.36. The highest BCUT2D eigenvalue weighted by atomic mass is 32.1. The molecule has 0 saturated carbocycles. The summed E-state index contributed by atoms with van der Waals surface area (Å²) in [5, 5.41) is 7.59. The van der Waals surface area contributed by atoms with Crippen LogP contribution in [0.3, 0.4) is 0 Å². The number of carbonyl (C=O) groups is 1. The summed E-state index contributed by atoms with van der Waals surface area (Å²) in [4.78, 5) is 17.7. The average molecular weight is 309 g/mol. The third kappa shape index (κ3) is 5.08. The van der Waals surface area contributed by atoms with Crippen LogP contribution in [0.15, 0.2) is 0 Å². The Labute approximate surface area is 131 Å². The molecule has 0 aromatic carbocycles. The van der Waals surface area contributed by atoms with Crippen molar-refractivity contribution in [2.45, 2.75) is 46.5 Å². The monoisotopic (exact) mass is 309 g/mol. The Bertz CT molecular complexity index is 466. The van der Waals surface area contributed by atoms with E-state index in [1.807, 2.05) is 13.8 Å². The second-order valence-electron chi connectivity index (χ2n) is 6.13. The first-order valence-corrected chi connectivity index (χ1v) is 8.78. The van der Waals surface area contributed by atoms with Crippen molar-refractivity contribution >= 4 is 17.2 Å². The van der Waals surface area contributed by atoms with E-state index < -0.39 is 0 Å². The Morgan fingerprint density at radius 1 is 1.52 bits per heavy atom. The van der Waals surface area contributed by atoms with Gasteiger partial charge in [-0.25, -0.2) is 4.98 Å². The van der Waals surface area contributed by atoms with Crippen LogP contribution in [0, 0.1) is 25.7 Å². The maximum Gasteiger partial charge on any atom is 0.220 e. The summed E-state index contributed by atoms with van der Waals surface area (Å²) in [5.41, 5.74) is 1.10. The number of aromatic nitrogens is 1. The zero-order valence-corrected chi connectivity index (χ0v) is 14.2. The van der Waals surface area contributed by atoms with Crippen molar-refractivity contribution < 1.29 is 4.79 Å². The van der Waals surface area contributed by atoms with Crippen molar-refractivity contribution in [2.24, 2.45) is 11.8 Å². The van der Waals surface area contributed by atoms with Crippen molar-refractivity contribution in [3.8, 4) is 0 Å². The molecule has 21 heavy (non-hydrogen) atoms. The molecule has 2 N–H and O–H groups in total. The second kappa shape index (κ2) is 7.90. The summed E-state index contributed by atoms with van der Waals surface area (Å²) in [6, 6.07) is 0. The topological polar surface area (TPSA) is 54.0 Å². The van der Waals surface area contributed by atoms with Crippen LogP contribution < -0.4 is 10.6 Å². The minimum atomic E-state index is 0.187. The van der Waals surface area contributed by atoms with E-state index in [0.29, 0.717) is 18.3 Å². The first kappa shape index (κ1) is 16.4. The molecule has 0 aliphatic carbocycles. The molecule has 0 bridgehead atoms. The lowest BCUT2D eigenvalue weighted by Gasteiger charge is -2.28. The van der Waals surface area contributed by atoms with Crippen molar-refractivity contribution in [3.63, 3.8) is 0 Å². The predicted molar refractivity (Wildman–Crippen MR) is 87.7 cm³/mol. The number of thiazole rings is 1. The van der Waals surface area contributed by atoms with E-state index in [9.17, 15) is 4.79 Å². The smallest absolute Gasteiger partial charge is 0.220 e. The Balaban J connectivity index is 1.68. The van der Waals surface area contributed by atoms with Crippen LogP contribution in [0.5, 0.6) is 0 Å². The average Bonchev–Trinajstić information content (AvgIpc) is 2.78. The van der Waals surface area contributed by atoms with Crippen LogP contribution in [0.25, 0.3) is 0 Å². The van der Waals surface area contributed by atoms with Crippen LogP contribution in [0.4, 0.5) is 0 Å². The fraction of sp³-hybridized carbons (Fsp3) is 0.750. The number of hydrogen-bond acceptors (Lipinski definition) is 4. The van der Waals surface area contributed by atoms with Crippen molar-refractivity contribution in [1.29, 1.82) is 0 Å². The molecule has 1 fully saturated rings. The lowest BCUT2D eigenvalue weighted by atomic mass is 9.85. The summed E-state index contributed by atoms with van der Waals surface area (Å²) in [5.74, 6) is 1.30. The summed E-state index contributed by atoms with van der Waals surface area (Å²) in [6.45, 7) is 9.18. The Morgan fingerprint density at radius 2 is 2.33 bits per heavy atom. The maximum atomic E-state index is 12.0. The van der Waals surface area contributed by atoms with Gasteiger partial charge in [0.15, 0.2) is 0 Å². The fourth-order valence-electron chi connectivity index (χ4n) is 3.02. The third-order valence-corrected chi connectivity index (χ3v) is 5.45. The normalized spacial score (nSPS) is 20.2. The molecular formula is C16H27N3OS. The van der Waals surface area contributed by atoms with Crippen molar-refractivity contribution in [3.05, 3.63) is 15.6 Å². The van der Waals surface area contributed by atoms with E-state index in [0.717, 1.165) is 36.8 Å². The van der Waals surface area contributed by atoms with Gasteiger partial charge in [-0.3, -0.25) is 4.79 Å². The molecule has 2 unspecified atom stereocenters. The Kier molecular flexibility index (Phi) is 6.18. The van der Waals surface area contributed by atoms with Gasteiger partial charge >= 0.3 is 0 Å². The third-order valence-electron chi connectivity index (χ3n) is 4.32. The molecule has 1 aromatic heterocycles. The fourth-order valence-corrected chi connectivity index (χ4v) is 3.95. The van der Waals surface area contributed by atoms with Crippen molar-refractivity contribution in [2.75, 3.05) is 19.6 Å². The standard InChI is InChI=1S/C16H27N3OS/c1-11(14-5-4-7-17-10-14)9-16(20)18-8-6-15-12(2)19-13(3)21-15/h11,14,17H,4-10H2,1-3H3,(H,18,20). The first-order chi connectivity index (χ1) is 10.1. The molecule has 2 atom stereocenters. The zero-order chi connectivity index (χ0) is 15.2. The summed E-state index contributed by atoms with van der Waals surface area (Å²) in [6.07, 6.45) is 4.02. The highest BCUT2D eigenvalue weighted by Crippen LogP contribution is 2.22. The molecule has 4 nitrogen and oxygen atoms in total. The Hall–Kier alpha value is -0.940. The molecule has 5 heteroatoms. The van der Waals surface area contributed by atoms with Crippen LogP contribution in [-0.4, -0.2) is 30.5 Å². The van der Waals surface area contributed by atoms with E-state index in [-0.39, 0.29) is 5.91 Å². The highest BCUT2D eigenvalue weighted by Gasteiger charge is 2.21. The van der Waals surface area contributed by atoms with Crippen molar-refractivity contribution in [1.82, 2.24) is 15.6 Å². The van der Waals surface area contributed by atoms with E-state index >= 15 is 0 Å². The van der Waals surface area contributed by atoms with Gasteiger partial charge in [-0.2, -0.15) is 0 Å². The molecule has 1 aliphatic rings. The van der Waals surface area contributed by atoms with Gasteiger partial charge in [0.1, 0.15) is 0 Å². The summed E-state index contributed by atoms with van der Waals surface area (Å²) < 4.78 is 0. The van der Waals surface area contributed by atoms with Gasteiger partial charge in [0.25, 0.3) is 0 Å². The van der Waals surface area contributed by atoms with Crippen LogP contribution >= 0.6 is 11.3 Å². The number of nitrogens with one attached hydrogen (secondary N) is 2. The molecule has 0 radical (unpaired) electrons. The number of amides is 1. The molecule has 1 aliphatic heterocycles. The zero-order valence-electron chi connectivity index (χ0n) is 13.4. The van der Waals surface area contributed by atoms with Gasteiger partial charge in [0, 0.05) is 24.3 Å². The van der Waals surface area contributed by atoms with Crippen LogP contribution in [0.2, 0.25) is 0 Å². The summed E-state index contributed by atoms with van der Waals surface area (Å²) in [7, 11) is 0. The Morgan fingerprint density at radius 3 is 2.95 bits per heavy atom. The van der Waals surface area contributed by atoms with E-state index in [1.54, 1.807) is 11.3 Å². The minimum Gasteiger partial charge on any atom is -0.356 e. The van der Waals surface area contributed by atoms with Crippen LogP contribution in [0.1, 0.15) is 41.8 Å². The maximum absolute atomic E-state index is 12.0. The minimum absolute atomic E-state index is 0.187. The van der Waals surface area contributed by atoms with Gasteiger partial charge in [0.05, 0.1) is 10.7 Å². The largest absolute Gasteiger partial charge is 0.356 e. The number of nitrogens with zero attached hydrogens (tertiary/aromatic N) is 1. The molecule has 118 valence electrons. The van der Waals surface area contributed by atoms with Gasteiger partial charge < -0.3 is 10.6 Å². The molecule has 0 spiro atoms. The predicted octanol–water partition coefficient (Wildman–Crippen LogP) is 2.44. The molecule has 2 heterocycles. The number of hydrogen-bond donors (Lipinski definition) is 2. The van der Waals surface area contributed by atoms with Gasteiger partial charge in [0.2, 0.25) is 5.91 Å². The number of piperidine rings is 1. The number of aryl methyl sites for hydroxylation is 2. The molecule has 1 amide bonds. The van der Waals surface area contributed by atoms with Gasteiger partial charge in [-0.1, -0.05) is 6.92 Å². The molecule has 1 aromatic rings. The quantitative estimate of drug-likeness (QED) is 0.848. The van der Waals surface area contributed by atoms with E-state index in [4.69, 9.17) is 0 Å². The SMILES string of the molecule is Cc1nc(C)c(CCNC(=O)CC(C)C2CCCNC2)s1. The molecule has 1 saturated heterocycles. The second-order valence-corrected chi connectivity index (χ2v) is 7.42. The van der Waals surface area contributed by atoms with Gasteiger partial charge in [-0.15, -0.1) is 11.3 Å².